The predicted octanol–water partition coefficient (Wildman–Crippen LogP) is 4.25. The zero-order valence-corrected chi connectivity index (χ0v) is 15.9. The van der Waals surface area contributed by atoms with Gasteiger partial charge in [0.25, 0.3) is 0 Å². The fourth-order valence-corrected chi connectivity index (χ4v) is 3.23. The summed E-state index contributed by atoms with van der Waals surface area (Å²) in [5, 5.41) is 0. The highest BCUT2D eigenvalue weighted by atomic mass is 19.4. The van der Waals surface area contributed by atoms with Gasteiger partial charge in [-0.25, -0.2) is 9.97 Å². The number of anilines is 1. The highest BCUT2D eigenvalue weighted by Crippen LogP contribution is 2.30. The van der Waals surface area contributed by atoms with E-state index in [4.69, 9.17) is 0 Å². The Morgan fingerprint density at radius 1 is 1.04 bits per heavy atom. The van der Waals surface area contributed by atoms with Crippen LogP contribution in [0, 0.1) is 6.92 Å². The summed E-state index contributed by atoms with van der Waals surface area (Å²) >= 11 is 0. The highest BCUT2D eigenvalue weighted by molar-refractivity contribution is 5.40. The molecule has 0 amide bonds. The van der Waals surface area contributed by atoms with E-state index in [0.29, 0.717) is 12.1 Å². The van der Waals surface area contributed by atoms with E-state index in [1.165, 1.54) is 12.1 Å². The van der Waals surface area contributed by atoms with Crippen LogP contribution < -0.4 is 4.90 Å². The largest absolute Gasteiger partial charge is 0.416 e. The number of aromatic nitrogens is 2. The summed E-state index contributed by atoms with van der Waals surface area (Å²) in [5.74, 6) is 2.05. The van der Waals surface area contributed by atoms with Gasteiger partial charge in [0, 0.05) is 50.4 Å². The number of halogens is 3. The van der Waals surface area contributed by atoms with Crippen LogP contribution >= 0.6 is 0 Å². The molecule has 3 rings (SSSR count). The lowest BCUT2D eigenvalue weighted by Gasteiger charge is -2.35. The molecule has 146 valence electrons. The molecule has 1 aromatic carbocycles. The molecular weight excluding hydrogens is 353 g/mol. The van der Waals surface area contributed by atoms with Crippen molar-refractivity contribution in [3.63, 3.8) is 0 Å². The van der Waals surface area contributed by atoms with Crippen molar-refractivity contribution in [3.8, 4) is 0 Å². The fraction of sp³-hybridized carbons (Fsp3) is 0.500. The first-order valence-corrected chi connectivity index (χ1v) is 9.21. The molecule has 1 aliphatic rings. The van der Waals surface area contributed by atoms with Crippen LogP contribution in [-0.4, -0.2) is 41.0 Å². The van der Waals surface area contributed by atoms with Crippen molar-refractivity contribution in [1.82, 2.24) is 14.9 Å². The Kier molecular flexibility index (Phi) is 5.69. The van der Waals surface area contributed by atoms with Crippen molar-refractivity contribution in [2.75, 3.05) is 31.1 Å². The molecule has 0 spiro atoms. The molecule has 2 aromatic rings. The van der Waals surface area contributed by atoms with Gasteiger partial charge in [-0.2, -0.15) is 13.2 Å². The second-order valence-electron chi connectivity index (χ2n) is 7.34. The number of rotatable bonds is 4. The highest BCUT2D eigenvalue weighted by Gasteiger charge is 2.30. The molecular formula is C20H25F3N4. The summed E-state index contributed by atoms with van der Waals surface area (Å²) in [6.45, 7) is 9.82. The average Bonchev–Trinajstić information content (AvgIpc) is 2.61. The van der Waals surface area contributed by atoms with Crippen molar-refractivity contribution in [1.29, 1.82) is 0 Å². The van der Waals surface area contributed by atoms with Gasteiger partial charge in [-0.3, -0.25) is 4.90 Å². The molecule has 1 aliphatic heterocycles. The predicted molar refractivity (Wildman–Crippen MR) is 99.8 cm³/mol. The summed E-state index contributed by atoms with van der Waals surface area (Å²) < 4.78 is 38.6. The van der Waals surface area contributed by atoms with Crippen LogP contribution in [0.5, 0.6) is 0 Å². The van der Waals surface area contributed by atoms with Gasteiger partial charge >= 0.3 is 6.18 Å². The lowest BCUT2D eigenvalue weighted by atomic mass is 10.1. The van der Waals surface area contributed by atoms with E-state index in [9.17, 15) is 13.2 Å². The summed E-state index contributed by atoms with van der Waals surface area (Å²) in [6.07, 6.45) is -4.30. The quantitative estimate of drug-likeness (QED) is 0.796. The summed E-state index contributed by atoms with van der Waals surface area (Å²) in [7, 11) is 0. The monoisotopic (exact) mass is 378 g/mol. The number of hydrogen-bond acceptors (Lipinski definition) is 4. The van der Waals surface area contributed by atoms with Gasteiger partial charge in [-0.05, 0) is 18.6 Å². The van der Waals surface area contributed by atoms with Crippen molar-refractivity contribution in [2.24, 2.45) is 0 Å². The first kappa shape index (κ1) is 19.6. The minimum atomic E-state index is -4.30. The van der Waals surface area contributed by atoms with Gasteiger partial charge in [0.05, 0.1) is 5.56 Å². The molecule has 0 bridgehead atoms. The Labute approximate surface area is 158 Å². The molecule has 0 atom stereocenters. The van der Waals surface area contributed by atoms with Crippen LogP contribution in [0.1, 0.15) is 42.4 Å². The molecule has 27 heavy (non-hydrogen) atoms. The van der Waals surface area contributed by atoms with Crippen LogP contribution in [0.4, 0.5) is 19.0 Å². The normalized spacial score (nSPS) is 16.2. The topological polar surface area (TPSA) is 32.3 Å². The van der Waals surface area contributed by atoms with E-state index in [1.807, 2.05) is 13.0 Å². The molecule has 7 heteroatoms. The van der Waals surface area contributed by atoms with Crippen LogP contribution in [0.15, 0.2) is 30.3 Å². The second kappa shape index (κ2) is 7.84. The number of nitrogens with zero attached hydrogens (tertiary/aromatic N) is 4. The van der Waals surface area contributed by atoms with E-state index in [1.54, 1.807) is 6.07 Å². The Morgan fingerprint density at radius 2 is 1.74 bits per heavy atom. The van der Waals surface area contributed by atoms with Crippen LogP contribution in [0.25, 0.3) is 0 Å². The molecule has 0 unspecified atom stereocenters. The maximum Gasteiger partial charge on any atom is 0.416 e. The van der Waals surface area contributed by atoms with E-state index in [2.05, 4.69) is 33.6 Å². The van der Waals surface area contributed by atoms with Crippen LogP contribution in [0.3, 0.4) is 0 Å². The third-order valence-corrected chi connectivity index (χ3v) is 4.73. The number of aryl methyl sites for hydroxylation is 1. The van der Waals surface area contributed by atoms with E-state index in [0.717, 1.165) is 49.6 Å². The SMILES string of the molecule is Cc1cc(N2CCN(Cc3cccc(C(F)(F)F)c3)CC2)nc(C(C)C)n1. The molecule has 0 saturated carbocycles. The van der Waals surface area contributed by atoms with Crippen molar-refractivity contribution in [2.45, 2.75) is 39.4 Å². The Balaban J connectivity index is 1.63. The smallest absolute Gasteiger partial charge is 0.354 e. The maximum atomic E-state index is 12.9. The molecule has 1 saturated heterocycles. The minimum absolute atomic E-state index is 0.269. The third-order valence-electron chi connectivity index (χ3n) is 4.73. The van der Waals surface area contributed by atoms with E-state index in [-0.39, 0.29) is 5.92 Å². The standard InChI is InChI=1S/C20H25F3N4/c1-14(2)19-24-15(3)11-18(25-19)27-9-7-26(8-10-27)13-16-5-4-6-17(12-16)20(21,22)23/h4-6,11-12,14H,7-10,13H2,1-3H3. The Morgan fingerprint density at radius 3 is 2.37 bits per heavy atom. The molecule has 0 aliphatic carbocycles. The van der Waals surface area contributed by atoms with Crippen molar-refractivity contribution in [3.05, 3.63) is 53.0 Å². The molecule has 2 heterocycles. The third kappa shape index (κ3) is 4.97. The average molecular weight is 378 g/mol. The van der Waals surface area contributed by atoms with Gasteiger partial charge in [-0.1, -0.05) is 32.0 Å². The summed E-state index contributed by atoms with van der Waals surface area (Å²) in [5.41, 5.74) is 1.06. The van der Waals surface area contributed by atoms with Gasteiger partial charge in [-0.15, -0.1) is 0 Å². The first-order valence-electron chi connectivity index (χ1n) is 9.21. The minimum Gasteiger partial charge on any atom is -0.354 e. The Bertz CT molecular complexity index is 781. The van der Waals surface area contributed by atoms with Crippen LogP contribution in [-0.2, 0) is 12.7 Å². The lowest BCUT2D eigenvalue weighted by Crippen LogP contribution is -2.46. The summed E-state index contributed by atoms with van der Waals surface area (Å²) in [6, 6.07) is 7.59. The molecule has 0 radical (unpaired) electrons. The number of benzene rings is 1. The van der Waals surface area contributed by atoms with Gasteiger partial charge in [0.15, 0.2) is 0 Å². The molecule has 1 fully saturated rings. The number of hydrogen-bond donors (Lipinski definition) is 0. The van der Waals surface area contributed by atoms with Gasteiger partial charge in [0.2, 0.25) is 0 Å². The van der Waals surface area contributed by atoms with E-state index >= 15 is 0 Å². The number of piperazine rings is 1. The van der Waals surface area contributed by atoms with Crippen LogP contribution in [0.2, 0.25) is 0 Å². The van der Waals surface area contributed by atoms with Gasteiger partial charge in [0.1, 0.15) is 11.6 Å². The van der Waals surface area contributed by atoms with Crippen molar-refractivity contribution < 1.29 is 13.2 Å². The van der Waals surface area contributed by atoms with Crippen molar-refractivity contribution >= 4 is 5.82 Å². The summed E-state index contributed by atoms with van der Waals surface area (Å²) in [4.78, 5) is 13.6. The maximum absolute atomic E-state index is 12.9. The van der Waals surface area contributed by atoms with Gasteiger partial charge < -0.3 is 4.90 Å². The second-order valence-corrected chi connectivity index (χ2v) is 7.34. The number of alkyl halides is 3. The zero-order valence-electron chi connectivity index (χ0n) is 15.9. The Hall–Kier alpha value is -2.15. The molecule has 0 N–H and O–H groups in total. The zero-order chi connectivity index (χ0) is 19.6. The fourth-order valence-electron chi connectivity index (χ4n) is 3.23. The molecule has 1 aromatic heterocycles. The molecule has 4 nitrogen and oxygen atoms in total. The first-order chi connectivity index (χ1) is 12.7. The lowest BCUT2D eigenvalue weighted by molar-refractivity contribution is -0.137. The van der Waals surface area contributed by atoms with E-state index < -0.39 is 11.7 Å².